The number of rotatable bonds is 4. The molecule has 0 aromatic carbocycles. The molecule has 1 N–H and O–H groups in total. The predicted molar refractivity (Wildman–Crippen MR) is 82.1 cm³/mol. The highest BCUT2D eigenvalue weighted by Gasteiger charge is 2.26. The number of nitrogens with zero attached hydrogens (tertiary/aromatic N) is 2. The summed E-state index contributed by atoms with van der Waals surface area (Å²) in [5, 5.41) is 3.27. The molecule has 1 aliphatic rings. The molecule has 0 spiro atoms. The van der Waals surface area contributed by atoms with Crippen LogP contribution in [-0.4, -0.2) is 66.7 Å². The molecule has 1 rings (SSSR count). The Kier molecular flexibility index (Phi) is 6.45. The summed E-state index contributed by atoms with van der Waals surface area (Å²) in [7, 11) is 1.80. The van der Waals surface area contributed by atoms with Crippen molar-refractivity contribution < 1.29 is 14.3 Å². The van der Waals surface area contributed by atoms with E-state index in [1.807, 2.05) is 27.7 Å². The monoisotopic (exact) mass is 299 g/mol. The van der Waals surface area contributed by atoms with Crippen LogP contribution in [0.25, 0.3) is 0 Å². The van der Waals surface area contributed by atoms with Gasteiger partial charge in [0.1, 0.15) is 5.60 Å². The first kappa shape index (κ1) is 17.8. The van der Waals surface area contributed by atoms with Crippen LogP contribution in [0.15, 0.2) is 0 Å². The minimum atomic E-state index is -0.455. The van der Waals surface area contributed by atoms with Crippen molar-refractivity contribution in [2.24, 2.45) is 0 Å². The van der Waals surface area contributed by atoms with Crippen molar-refractivity contribution in [3.8, 4) is 0 Å². The SMILES string of the molecule is CCN(C)C(=O)CNC1CCN(C(=O)OC(C)(C)C)CC1. The van der Waals surface area contributed by atoms with E-state index >= 15 is 0 Å². The molecule has 122 valence electrons. The first-order valence-electron chi connectivity index (χ1n) is 7.68. The molecule has 1 heterocycles. The van der Waals surface area contributed by atoms with Gasteiger partial charge in [-0.1, -0.05) is 0 Å². The quantitative estimate of drug-likeness (QED) is 0.853. The zero-order valence-electron chi connectivity index (χ0n) is 13.9. The number of hydrogen-bond donors (Lipinski definition) is 1. The van der Waals surface area contributed by atoms with Crippen molar-refractivity contribution in [2.75, 3.05) is 33.2 Å². The van der Waals surface area contributed by atoms with Gasteiger partial charge in [-0.3, -0.25) is 4.79 Å². The third-order valence-corrected chi connectivity index (χ3v) is 3.59. The lowest BCUT2D eigenvalue weighted by atomic mass is 10.1. The van der Waals surface area contributed by atoms with Gasteiger partial charge in [0.25, 0.3) is 0 Å². The van der Waals surface area contributed by atoms with E-state index in [1.165, 1.54) is 0 Å². The molecule has 0 unspecified atom stereocenters. The molecule has 0 aliphatic carbocycles. The van der Waals surface area contributed by atoms with Gasteiger partial charge in [0.15, 0.2) is 0 Å². The number of ether oxygens (including phenoxy) is 1. The lowest BCUT2D eigenvalue weighted by Gasteiger charge is -2.33. The lowest BCUT2D eigenvalue weighted by Crippen LogP contribution is -2.48. The van der Waals surface area contributed by atoms with E-state index in [4.69, 9.17) is 4.74 Å². The van der Waals surface area contributed by atoms with E-state index in [1.54, 1.807) is 16.8 Å². The Labute approximate surface area is 127 Å². The summed E-state index contributed by atoms with van der Waals surface area (Å²) in [5.74, 6) is 0.104. The van der Waals surface area contributed by atoms with Crippen molar-refractivity contribution in [1.29, 1.82) is 0 Å². The molecular weight excluding hydrogens is 270 g/mol. The summed E-state index contributed by atoms with van der Waals surface area (Å²) in [6, 6.07) is 0.290. The van der Waals surface area contributed by atoms with E-state index in [0.29, 0.717) is 19.6 Å². The van der Waals surface area contributed by atoms with Gasteiger partial charge in [-0.25, -0.2) is 4.79 Å². The van der Waals surface area contributed by atoms with E-state index in [2.05, 4.69) is 5.32 Å². The second-order valence-corrected chi connectivity index (χ2v) is 6.53. The van der Waals surface area contributed by atoms with Gasteiger partial charge in [-0.15, -0.1) is 0 Å². The molecule has 2 amide bonds. The second-order valence-electron chi connectivity index (χ2n) is 6.53. The van der Waals surface area contributed by atoms with Gasteiger partial charge in [-0.05, 0) is 40.5 Å². The number of nitrogens with one attached hydrogen (secondary N) is 1. The molecule has 0 aromatic heterocycles. The van der Waals surface area contributed by atoms with Crippen molar-refractivity contribution in [1.82, 2.24) is 15.1 Å². The third kappa shape index (κ3) is 6.33. The maximum atomic E-state index is 11.9. The highest BCUT2D eigenvalue weighted by molar-refractivity contribution is 5.77. The summed E-state index contributed by atoms with van der Waals surface area (Å²) in [5.41, 5.74) is -0.455. The van der Waals surface area contributed by atoms with Crippen molar-refractivity contribution in [2.45, 2.75) is 52.2 Å². The van der Waals surface area contributed by atoms with Crippen LogP contribution in [0.3, 0.4) is 0 Å². The Balaban J connectivity index is 2.29. The Hall–Kier alpha value is -1.30. The standard InChI is InChI=1S/C15H29N3O3/c1-6-17(5)13(19)11-16-12-7-9-18(10-8-12)14(20)21-15(2,3)4/h12,16H,6-11H2,1-5H3. The fraction of sp³-hybridized carbons (Fsp3) is 0.867. The maximum Gasteiger partial charge on any atom is 0.410 e. The Bertz CT molecular complexity index is 358. The molecule has 0 atom stereocenters. The minimum absolute atomic E-state index is 0.104. The van der Waals surface area contributed by atoms with E-state index in [9.17, 15) is 9.59 Å². The molecule has 1 fully saturated rings. The highest BCUT2D eigenvalue weighted by atomic mass is 16.6. The van der Waals surface area contributed by atoms with Gasteiger partial charge in [0.05, 0.1) is 6.54 Å². The molecule has 1 aliphatic heterocycles. The summed E-state index contributed by atoms with van der Waals surface area (Å²) in [6.07, 6.45) is 1.45. The van der Waals surface area contributed by atoms with Crippen LogP contribution in [0.4, 0.5) is 4.79 Å². The average Bonchev–Trinajstić information content (AvgIpc) is 2.42. The topological polar surface area (TPSA) is 61.9 Å². The lowest BCUT2D eigenvalue weighted by molar-refractivity contribution is -0.128. The zero-order chi connectivity index (χ0) is 16.0. The second kappa shape index (κ2) is 7.64. The van der Waals surface area contributed by atoms with Gasteiger partial charge in [0, 0.05) is 32.7 Å². The summed E-state index contributed by atoms with van der Waals surface area (Å²) < 4.78 is 5.36. The third-order valence-electron chi connectivity index (χ3n) is 3.59. The van der Waals surface area contributed by atoms with E-state index in [-0.39, 0.29) is 18.0 Å². The van der Waals surface area contributed by atoms with Crippen LogP contribution in [0.2, 0.25) is 0 Å². The minimum Gasteiger partial charge on any atom is -0.444 e. The first-order chi connectivity index (χ1) is 9.73. The summed E-state index contributed by atoms with van der Waals surface area (Å²) >= 11 is 0. The number of likely N-dealkylation sites (N-methyl/N-ethyl adjacent to an activating group) is 1. The fourth-order valence-corrected chi connectivity index (χ4v) is 2.14. The first-order valence-corrected chi connectivity index (χ1v) is 7.68. The number of amides is 2. The van der Waals surface area contributed by atoms with Gasteiger partial charge in [0.2, 0.25) is 5.91 Å². The maximum absolute atomic E-state index is 11.9. The number of carbonyl (C=O) groups is 2. The van der Waals surface area contributed by atoms with Gasteiger partial charge < -0.3 is 19.9 Å². The predicted octanol–water partition coefficient (Wildman–Crippen LogP) is 1.45. The largest absolute Gasteiger partial charge is 0.444 e. The summed E-state index contributed by atoms with van der Waals surface area (Å²) in [4.78, 5) is 27.1. The Morgan fingerprint density at radius 1 is 1.29 bits per heavy atom. The molecule has 0 saturated carbocycles. The zero-order valence-corrected chi connectivity index (χ0v) is 13.9. The van der Waals surface area contributed by atoms with Crippen LogP contribution in [0, 0.1) is 0 Å². The fourth-order valence-electron chi connectivity index (χ4n) is 2.14. The molecule has 0 aromatic rings. The van der Waals surface area contributed by atoms with Crippen molar-refractivity contribution in [3.05, 3.63) is 0 Å². The number of piperidine rings is 1. The molecule has 21 heavy (non-hydrogen) atoms. The Morgan fingerprint density at radius 3 is 2.33 bits per heavy atom. The smallest absolute Gasteiger partial charge is 0.410 e. The molecule has 0 radical (unpaired) electrons. The van der Waals surface area contributed by atoms with Crippen LogP contribution < -0.4 is 5.32 Å². The van der Waals surface area contributed by atoms with Gasteiger partial charge >= 0.3 is 6.09 Å². The summed E-state index contributed by atoms with van der Waals surface area (Å²) in [6.45, 7) is 9.99. The van der Waals surface area contributed by atoms with Crippen LogP contribution in [0.5, 0.6) is 0 Å². The number of hydrogen-bond acceptors (Lipinski definition) is 4. The molecule has 0 bridgehead atoms. The molecular formula is C15H29N3O3. The van der Waals surface area contributed by atoms with Crippen molar-refractivity contribution in [3.63, 3.8) is 0 Å². The highest BCUT2D eigenvalue weighted by Crippen LogP contribution is 2.15. The van der Waals surface area contributed by atoms with E-state index in [0.717, 1.165) is 19.4 Å². The normalized spacial score (nSPS) is 16.7. The van der Waals surface area contributed by atoms with Crippen LogP contribution >= 0.6 is 0 Å². The van der Waals surface area contributed by atoms with Crippen LogP contribution in [-0.2, 0) is 9.53 Å². The van der Waals surface area contributed by atoms with Crippen LogP contribution in [0.1, 0.15) is 40.5 Å². The number of carbonyl (C=O) groups excluding carboxylic acids is 2. The Morgan fingerprint density at radius 2 is 1.86 bits per heavy atom. The average molecular weight is 299 g/mol. The van der Waals surface area contributed by atoms with Crippen molar-refractivity contribution >= 4 is 12.0 Å². The molecule has 1 saturated heterocycles. The van der Waals surface area contributed by atoms with E-state index < -0.39 is 5.60 Å². The molecule has 6 nitrogen and oxygen atoms in total. The number of likely N-dealkylation sites (tertiary alicyclic amines) is 1. The molecule has 6 heteroatoms. The van der Waals surface area contributed by atoms with Gasteiger partial charge in [-0.2, -0.15) is 0 Å².